The predicted molar refractivity (Wildman–Crippen MR) is 111 cm³/mol. The summed E-state index contributed by atoms with van der Waals surface area (Å²) in [5.74, 6) is 0.381. The zero-order chi connectivity index (χ0) is 18.6. The van der Waals surface area contributed by atoms with Crippen molar-refractivity contribution in [3.63, 3.8) is 0 Å². The Morgan fingerprint density at radius 1 is 1.22 bits per heavy atom. The normalized spacial score (nSPS) is 19.6. The van der Waals surface area contributed by atoms with Crippen LogP contribution in [0.25, 0.3) is 0 Å². The van der Waals surface area contributed by atoms with Gasteiger partial charge in [0.25, 0.3) is 5.91 Å². The third kappa shape index (κ3) is 4.43. The molecule has 2 aliphatic rings. The third-order valence-corrected chi connectivity index (χ3v) is 7.72. The molecule has 1 fully saturated rings. The Morgan fingerprint density at radius 2 is 2.07 bits per heavy atom. The van der Waals surface area contributed by atoms with Gasteiger partial charge in [-0.05, 0) is 68.0 Å². The summed E-state index contributed by atoms with van der Waals surface area (Å²) in [4.78, 5) is 30.8. The van der Waals surface area contributed by atoms with Crippen molar-refractivity contribution in [2.45, 2.75) is 44.9 Å². The van der Waals surface area contributed by atoms with E-state index in [4.69, 9.17) is 0 Å². The number of nitrogens with zero attached hydrogens (tertiary/aromatic N) is 1. The van der Waals surface area contributed by atoms with E-state index >= 15 is 0 Å². The standard InChI is InChI=1S/C21H26N2O2S2/c24-20(22-9-8-17-5-4-12-26-17)15-6-7-18-16(13-15)14-19(27-18)21(25)23-10-2-1-3-11-23/h4-5,12,14-15H,1-3,6-11,13H2,(H,22,24). The number of carbonyl (C=O) groups excluding carboxylic acids is 2. The van der Waals surface area contributed by atoms with Crippen LogP contribution in [0.5, 0.6) is 0 Å². The van der Waals surface area contributed by atoms with Crippen LogP contribution >= 0.6 is 22.7 Å². The first-order valence-electron chi connectivity index (χ1n) is 9.91. The van der Waals surface area contributed by atoms with Crippen LogP contribution in [0.15, 0.2) is 23.6 Å². The van der Waals surface area contributed by atoms with Gasteiger partial charge in [-0.1, -0.05) is 6.07 Å². The molecule has 2 aromatic heterocycles. The van der Waals surface area contributed by atoms with Crippen LogP contribution < -0.4 is 5.32 Å². The lowest BCUT2D eigenvalue weighted by atomic mass is 9.87. The highest BCUT2D eigenvalue weighted by Gasteiger charge is 2.28. The van der Waals surface area contributed by atoms with E-state index in [9.17, 15) is 9.59 Å². The summed E-state index contributed by atoms with van der Waals surface area (Å²) in [6, 6.07) is 6.21. The van der Waals surface area contributed by atoms with Crippen LogP contribution in [0, 0.1) is 5.92 Å². The maximum absolute atomic E-state index is 12.7. The molecule has 1 unspecified atom stereocenters. The largest absolute Gasteiger partial charge is 0.355 e. The first kappa shape index (κ1) is 18.7. The number of hydrogen-bond donors (Lipinski definition) is 1. The first-order valence-corrected chi connectivity index (χ1v) is 11.6. The second kappa shape index (κ2) is 8.57. The number of amides is 2. The predicted octanol–water partition coefficient (Wildman–Crippen LogP) is 3.90. The Labute approximate surface area is 168 Å². The zero-order valence-corrected chi connectivity index (χ0v) is 17.2. The fraction of sp³-hybridized carbons (Fsp3) is 0.524. The van der Waals surface area contributed by atoms with Crippen molar-refractivity contribution in [1.82, 2.24) is 10.2 Å². The van der Waals surface area contributed by atoms with Crippen molar-refractivity contribution in [3.05, 3.63) is 43.8 Å². The number of carbonyl (C=O) groups is 2. The molecule has 3 heterocycles. The van der Waals surface area contributed by atoms with E-state index in [-0.39, 0.29) is 17.7 Å². The van der Waals surface area contributed by atoms with Gasteiger partial charge >= 0.3 is 0 Å². The molecule has 27 heavy (non-hydrogen) atoms. The van der Waals surface area contributed by atoms with E-state index in [0.717, 1.165) is 56.5 Å². The molecule has 1 aliphatic heterocycles. The van der Waals surface area contributed by atoms with Crippen molar-refractivity contribution >= 4 is 34.5 Å². The molecular formula is C21H26N2O2S2. The molecule has 144 valence electrons. The summed E-state index contributed by atoms with van der Waals surface area (Å²) >= 11 is 3.38. The number of likely N-dealkylation sites (tertiary alicyclic amines) is 1. The minimum absolute atomic E-state index is 0.0355. The quantitative estimate of drug-likeness (QED) is 0.825. The van der Waals surface area contributed by atoms with Gasteiger partial charge in [0.2, 0.25) is 5.91 Å². The first-order chi connectivity index (χ1) is 13.2. The lowest BCUT2D eigenvalue weighted by Crippen LogP contribution is -2.35. The molecule has 4 rings (SSSR count). The summed E-state index contributed by atoms with van der Waals surface area (Å²) < 4.78 is 0. The number of hydrogen-bond acceptors (Lipinski definition) is 4. The number of piperidine rings is 1. The lowest BCUT2D eigenvalue weighted by molar-refractivity contribution is -0.125. The van der Waals surface area contributed by atoms with Crippen molar-refractivity contribution in [1.29, 1.82) is 0 Å². The molecule has 0 spiro atoms. The SMILES string of the molecule is O=C(NCCc1cccs1)C1CCc2sc(C(=O)N3CCCCC3)cc2C1. The van der Waals surface area contributed by atoms with Crippen LogP contribution in [-0.4, -0.2) is 36.3 Å². The molecule has 0 bridgehead atoms. The van der Waals surface area contributed by atoms with E-state index in [1.165, 1.54) is 21.7 Å². The van der Waals surface area contributed by atoms with Crippen molar-refractivity contribution in [2.24, 2.45) is 5.92 Å². The van der Waals surface area contributed by atoms with Crippen LogP contribution in [0.3, 0.4) is 0 Å². The fourth-order valence-corrected chi connectivity index (χ4v) is 5.90. The van der Waals surface area contributed by atoms with Crippen molar-refractivity contribution in [3.8, 4) is 0 Å². The topological polar surface area (TPSA) is 49.4 Å². The molecule has 0 saturated carbocycles. The number of fused-ring (bicyclic) bond motifs is 1. The average molecular weight is 403 g/mol. The number of nitrogens with one attached hydrogen (secondary N) is 1. The van der Waals surface area contributed by atoms with Crippen LogP contribution in [-0.2, 0) is 24.1 Å². The van der Waals surface area contributed by atoms with E-state index in [1.54, 1.807) is 22.7 Å². The Bertz CT molecular complexity index is 791. The summed E-state index contributed by atoms with van der Waals surface area (Å²) in [6.07, 6.45) is 6.92. The third-order valence-electron chi connectivity index (χ3n) is 5.56. The van der Waals surface area contributed by atoms with E-state index in [0.29, 0.717) is 6.54 Å². The number of aryl methyl sites for hydroxylation is 1. The van der Waals surface area contributed by atoms with E-state index in [1.807, 2.05) is 11.0 Å². The Morgan fingerprint density at radius 3 is 2.85 bits per heavy atom. The second-order valence-electron chi connectivity index (χ2n) is 7.47. The summed E-state index contributed by atoms with van der Waals surface area (Å²) in [7, 11) is 0. The molecule has 2 amide bonds. The number of thiophene rings is 2. The Balaban J connectivity index is 1.33. The molecule has 0 aromatic carbocycles. The number of rotatable bonds is 5. The highest BCUT2D eigenvalue weighted by molar-refractivity contribution is 7.14. The Kier molecular flexibility index (Phi) is 5.93. The fourth-order valence-electron chi connectivity index (χ4n) is 4.01. The van der Waals surface area contributed by atoms with Gasteiger partial charge in [0.15, 0.2) is 0 Å². The molecule has 0 radical (unpaired) electrons. The highest BCUT2D eigenvalue weighted by atomic mass is 32.1. The monoisotopic (exact) mass is 402 g/mol. The molecular weight excluding hydrogens is 376 g/mol. The van der Waals surface area contributed by atoms with Gasteiger partial charge in [-0.2, -0.15) is 0 Å². The molecule has 1 atom stereocenters. The minimum atomic E-state index is 0.0355. The van der Waals surface area contributed by atoms with Crippen LogP contribution in [0.1, 0.15) is 50.7 Å². The van der Waals surface area contributed by atoms with Gasteiger partial charge in [-0.15, -0.1) is 22.7 Å². The maximum atomic E-state index is 12.7. The van der Waals surface area contributed by atoms with Gasteiger partial charge in [0.05, 0.1) is 4.88 Å². The summed E-state index contributed by atoms with van der Waals surface area (Å²) in [5.41, 5.74) is 1.21. The second-order valence-corrected chi connectivity index (χ2v) is 9.64. The van der Waals surface area contributed by atoms with Crippen molar-refractivity contribution < 1.29 is 9.59 Å². The molecule has 1 aliphatic carbocycles. The Hall–Kier alpha value is -1.66. The minimum Gasteiger partial charge on any atom is -0.355 e. The molecule has 4 nitrogen and oxygen atoms in total. The molecule has 6 heteroatoms. The highest BCUT2D eigenvalue weighted by Crippen LogP contribution is 2.33. The average Bonchev–Trinajstić information content (AvgIpc) is 3.37. The van der Waals surface area contributed by atoms with Gasteiger partial charge in [0.1, 0.15) is 0 Å². The molecule has 1 saturated heterocycles. The van der Waals surface area contributed by atoms with Gasteiger partial charge in [-0.3, -0.25) is 9.59 Å². The van der Waals surface area contributed by atoms with E-state index in [2.05, 4.69) is 22.8 Å². The molecule has 2 aromatic rings. The lowest BCUT2D eigenvalue weighted by Gasteiger charge is -2.26. The zero-order valence-electron chi connectivity index (χ0n) is 15.5. The van der Waals surface area contributed by atoms with Gasteiger partial charge < -0.3 is 10.2 Å². The van der Waals surface area contributed by atoms with Crippen molar-refractivity contribution in [2.75, 3.05) is 19.6 Å². The maximum Gasteiger partial charge on any atom is 0.263 e. The van der Waals surface area contributed by atoms with Crippen LogP contribution in [0.2, 0.25) is 0 Å². The van der Waals surface area contributed by atoms with E-state index < -0.39 is 0 Å². The van der Waals surface area contributed by atoms with Gasteiger partial charge in [0, 0.05) is 35.3 Å². The molecule has 1 N–H and O–H groups in total. The van der Waals surface area contributed by atoms with Gasteiger partial charge in [-0.25, -0.2) is 0 Å². The smallest absolute Gasteiger partial charge is 0.263 e. The van der Waals surface area contributed by atoms with Crippen LogP contribution in [0.4, 0.5) is 0 Å². The summed E-state index contributed by atoms with van der Waals surface area (Å²) in [5, 5.41) is 5.17. The summed E-state index contributed by atoms with van der Waals surface area (Å²) in [6.45, 7) is 2.47.